The minimum absolute atomic E-state index is 0.0666. The molecule has 1 heterocycles. The molecule has 0 saturated carbocycles. The molecule has 2 N–H and O–H groups in total. The number of methoxy groups -OCH3 is 1. The van der Waals surface area contributed by atoms with E-state index in [2.05, 4.69) is 17.0 Å². The average Bonchev–Trinajstić information content (AvgIpc) is 2.70. The zero-order valence-corrected chi connectivity index (χ0v) is 18.6. The molecule has 1 aliphatic heterocycles. The van der Waals surface area contributed by atoms with Crippen LogP contribution in [-0.4, -0.2) is 49.7 Å². The molecule has 1 aliphatic rings. The van der Waals surface area contributed by atoms with Crippen molar-refractivity contribution in [1.29, 1.82) is 5.41 Å². The number of ether oxygens (including phenoxy) is 1. The number of hydrogen-bond acceptors (Lipinski definition) is 5. The number of thioether (sulfide) groups is 1. The SMILES string of the molecule is COc1ccc(CSC2CCCN(C)C2=N)cc1.Cc1ccc(S(=O)(=O)O)cc1. The summed E-state index contributed by atoms with van der Waals surface area (Å²) >= 11 is 1.87. The molecule has 29 heavy (non-hydrogen) atoms. The molecule has 0 amide bonds. The molecule has 0 radical (unpaired) electrons. The summed E-state index contributed by atoms with van der Waals surface area (Å²) in [5.41, 5.74) is 2.25. The minimum atomic E-state index is -4.02. The zero-order chi connectivity index (χ0) is 21.4. The van der Waals surface area contributed by atoms with Crippen LogP contribution in [0, 0.1) is 12.3 Å². The van der Waals surface area contributed by atoms with Gasteiger partial charge in [0.15, 0.2) is 0 Å². The molecule has 1 unspecified atom stereocenters. The lowest BCUT2D eigenvalue weighted by Crippen LogP contribution is -2.39. The van der Waals surface area contributed by atoms with Gasteiger partial charge >= 0.3 is 0 Å². The molecule has 6 nitrogen and oxygen atoms in total. The number of nitrogens with zero attached hydrogens (tertiary/aromatic N) is 1. The van der Waals surface area contributed by atoms with E-state index < -0.39 is 10.1 Å². The van der Waals surface area contributed by atoms with Gasteiger partial charge in [0.2, 0.25) is 0 Å². The van der Waals surface area contributed by atoms with Crippen LogP contribution in [0.3, 0.4) is 0 Å². The van der Waals surface area contributed by atoms with E-state index in [1.54, 1.807) is 19.2 Å². The Hall–Kier alpha value is -2.03. The van der Waals surface area contributed by atoms with Crippen molar-refractivity contribution in [2.75, 3.05) is 20.7 Å². The lowest BCUT2D eigenvalue weighted by Gasteiger charge is -2.31. The summed E-state index contributed by atoms with van der Waals surface area (Å²) in [6, 6.07) is 14.2. The van der Waals surface area contributed by atoms with Gasteiger partial charge < -0.3 is 9.64 Å². The number of rotatable bonds is 5. The van der Waals surface area contributed by atoms with Crippen molar-refractivity contribution in [3.05, 3.63) is 59.7 Å². The molecule has 1 saturated heterocycles. The molecule has 1 fully saturated rings. The number of amidine groups is 1. The van der Waals surface area contributed by atoms with Crippen LogP contribution < -0.4 is 4.74 Å². The van der Waals surface area contributed by atoms with Crippen LogP contribution in [0.15, 0.2) is 53.4 Å². The van der Waals surface area contributed by atoms with E-state index in [0.29, 0.717) is 5.25 Å². The molecule has 0 aliphatic carbocycles. The number of hydrogen-bond donors (Lipinski definition) is 2. The van der Waals surface area contributed by atoms with Crippen LogP contribution in [0.1, 0.15) is 24.0 Å². The average molecular weight is 437 g/mol. The predicted octanol–water partition coefficient (Wildman–Crippen LogP) is 4.24. The van der Waals surface area contributed by atoms with Crippen LogP contribution in [0.25, 0.3) is 0 Å². The highest BCUT2D eigenvalue weighted by Gasteiger charge is 2.23. The van der Waals surface area contributed by atoms with E-state index in [9.17, 15) is 8.42 Å². The van der Waals surface area contributed by atoms with Crippen molar-refractivity contribution in [1.82, 2.24) is 4.90 Å². The first-order valence-electron chi connectivity index (χ1n) is 9.29. The fourth-order valence-electron chi connectivity index (χ4n) is 2.81. The van der Waals surface area contributed by atoms with Crippen molar-refractivity contribution in [3.8, 4) is 5.75 Å². The van der Waals surface area contributed by atoms with Crippen LogP contribution in [0.4, 0.5) is 0 Å². The Morgan fingerprint density at radius 3 is 2.34 bits per heavy atom. The molecule has 8 heteroatoms. The molecular formula is C21H28N2O4S2. The standard InChI is InChI=1S/C14H20N2OS.C7H8O3S/c1-16-9-3-4-13(14(16)15)18-10-11-5-7-12(17-2)8-6-11;1-6-2-4-7(5-3-6)11(8,9)10/h5-8,13,15H,3-4,9-10H2,1-2H3;2-5H,1H3,(H,8,9,10). The normalized spacial score (nSPS) is 16.8. The number of nitrogens with one attached hydrogen (secondary N) is 1. The number of aryl methyl sites for hydroxylation is 1. The highest BCUT2D eigenvalue weighted by Crippen LogP contribution is 2.27. The second kappa shape index (κ2) is 10.7. The van der Waals surface area contributed by atoms with Gasteiger partial charge in [-0.25, -0.2) is 0 Å². The lowest BCUT2D eigenvalue weighted by atomic mass is 10.1. The summed E-state index contributed by atoms with van der Waals surface area (Å²) in [5, 5.41) is 8.42. The number of likely N-dealkylation sites (tertiary alicyclic amines) is 1. The van der Waals surface area contributed by atoms with Gasteiger partial charge in [-0.15, -0.1) is 11.8 Å². The monoisotopic (exact) mass is 436 g/mol. The second-order valence-corrected chi connectivity index (χ2v) is 9.50. The van der Waals surface area contributed by atoms with Crippen LogP contribution in [0.5, 0.6) is 5.75 Å². The Labute approximate surface area is 177 Å². The van der Waals surface area contributed by atoms with Gasteiger partial charge in [0.25, 0.3) is 10.1 Å². The van der Waals surface area contributed by atoms with E-state index >= 15 is 0 Å². The van der Waals surface area contributed by atoms with Gasteiger partial charge in [-0.05, 0) is 49.6 Å². The van der Waals surface area contributed by atoms with Crippen molar-refractivity contribution in [3.63, 3.8) is 0 Å². The zero-order valence-electron chi connectivity index (χ0n) is 17.0. The topological polar surface area (TPSA) is 90.7 Å². The summed E-state index contributed by atoms with van der Waals surface area (Å²) in [7, 11) is -0.320. The number of piperidine rings is 1. The first-order valence-corrected chi connectivity index (χ1v) is 11.8. The largest absolute Gasteiger partial charge is 0.497 e. The summed E-state index contributed by atoms with van der Waals surface area (Å²) in [5.74, 6) is 2.64. The van der Waals surface area contributed by atoms with Crippen molar-refractivity contribution in [2.24, 2.45) is 0 Å². The third kappa shape index (κ3) is 7.38. The Morgan fingerprint density at radius 1 is 1.17 bits per heavy atom. The Bertz CT molecular complexity index is 897. The van der Waals surface area contributed by atoms with E-state index in [-0.39, 0.29) is 4.90 Å². The molecule has 0 bridgehead atoms. The highest BCUT2D eigenvalue weighted by molar-refractivity contribution is 7.99. The summed E-state index contributed by atoms with van der Waals surface area (Å²) < 4.78 is 34.7. The third-order valence-electron chi connectivity index (χ3n) is 4.61. The van der Waals surface area contributed by atoms with Crippen LogP contribution >= 0.6 is 11.8 Å². The van der Waals surface area contributed by atoms with Crippen molar-refractivity contribution < 1.29 is 17.7 Å². The minimum Gasteiger partial charge on any atom is -0.497 e. The molecule has 0 aromatic heterocycles. The van der Waals surface area contributed by atoms with E-state index in [1.807, 2.05) is 37.9 Å². The van der Waals surface area contributed by atoms with Gasteiger partial charge in [0.05, 0.1) is 17.3 Å². The Morgan fingerprint density at radius 2 is 1.79 bits per heavy atom. The molecule has 3 rings (SSSR count). The van der Waals surface area contributed by atoms with Gasteiger partial charge in [0, 0.05) is 19.3 Å². The predicted molar refractivity (Wildman–Crippen MR) is 119 cm³/mol. The lowest BCUT2D eigenvalue weighted by molar-refractivity contribution is 0.414. The molecule has 158 valence electrons. The molecule has 2 aromatic carbocycles. The fourth-order valence-corrected chi connectivity index (χ4v) is 4.55. The van der Waals surface area contributed by atoms with Crippen LogP contribution in [-0.2, 0) is 15.9 Å². The van der Waals surface area contributed by atoms with Gasteiger partial charge in [0.1, 0.15) is 11.6 Å². The Balaban J connectivity index is 0.000000234. The maximum absolute atomic E-state index is 10.5. The van der Waals surface area contributed by atoms with E-state index in [1.165, 1.54) is 24.1 Å². The van der Waals surface area contributed by atoms with Crippen molar-refractivity contribution >= 4 is 27.7 Å². The maximum atomic E-state index is 10.5. The molecule has 2 aromatic rings. The summed E-state index contributed by atoms with van der Waals surface area (Å²) in [6.07, 6.45) is 2.32. The smallest absolute Gasteiger partial charge is 0.294 e. The third-order valence-corrected chi connectivity index (χ3v) is 6.83. The Kier molecular flexibility index (Phi) is 8.55. The van der Waals surface area contributed by atoms with Gasteiger partial charge in [-0.1, -0.05) is 29.8 Å². The second-order valence-electron chi connectivity index (χ2n) is 6.88. The van der Waals surface area contributed by atoms with Crippen molar-refractivity contribution in [2.45, 2.75) is 35.7 Å². The molecule has 0 spiro atoms. The first kappa shape index (κ1) is 23.3. The van der Waals surface area contributed by atoms with Gasteiger partial charge in [-0.2, -0.15) is 8.42 Å². The van der Waals surface area contributed by atoms with Gasteiger partial charge in [-0.3, -0.25) is 9.96 Å². The highest BCUT2D eigenvalue weighted by atomic mass is 32.2. The molecule has 1 atom stereocenters. The van der Waals surface area contributed by atoms with Crippen LogP contribution in [0.2, 0.25) is 0 Å². The maximum Gasteiger partial charge on any atom is 0.294 e. The quantitative estimate of drug-likeness (QED) is 0.681. The molecular weight excluding hydrogens is 408 g/mol. The first-order chi connectivity index (χ1) is 13.7. The summed E-state index contributed by atoms with van der Waals surface area (Å²) in [6.45, 7) is 2.87. The number of benzene rings is 2. The summed E-state index contributed by atoms with van der Waals surface area (Å²) in [4.78, 5) is 2.00. The van der Waals surface area contributed by atoms with E-state index in [4.69, 9.17) is 14.7 Å². The van der Waals surface area contributed by atoms with E-state index in [0.717, 1.165) is 35.9 Å². The fraction of sp³-hybridized carbons (Fsp3) is 0.381.